The standard InChI is InChI=1S/C16H19N3O2S/c1-10-3-5-12(6-4-10)9-17-14(20)11(2)22-16-19-18-15(21-16)13-7-8-13/h3-6,11,13H,7-9H2,1-2H3,(H,17,20)/t11-/m1/s1. The van der Waals surface area contributed by atoms with Crippen LogP contribution in [-0.2, 0) is 11.3 Å². The fourth-order valence-electron chi connectivity index (χ4n) is 2.01. The van der Waals surface area contributed by atoms with Crippen LogP contribution in [0.5, 0.6) is 0 Å². The number of hydrogen-bond acceptors (Lipinski definition) is 5. The predicted octanol–water partition coefficient (Wildman–Crippen LogP) is 3.05. The molecule has 1 heterocycles. The Kier molecular flexibility index (Phi) is 4.47. The topological polar surface area (TPSA) is 68.0 Å². The van der Waals surface area contributed by atoms with Crippen molar-refractivity contribution in [2.75, 3.05) is 0 Å². The molecule has 22 heavy (non-hydrogen) atoms. The summed E-state index contributed by atoms with van der Waals surface area (Å²) in [5.74, 6) is 1.11. The Morgan fingerprint density at radius 1 is 1.36 bits per heavy atom. The van der Waals surface area contributed by atoms with Crippen molar-refractivity contribution in [1.82, 2.24) is 15.5 Å². The van der Waals surface area contributed by atoms with E-state index in [0.717, 1.165) is 18.4 Å². The average Bonchev–Trinajstić information content (AvgIpc) is 3.26. The summed E-state index contributed by atoms with van der Waals surface area (Å²) in [4.78, 5) is 12.1. The maximum Gasteiger partial charge on any atom is 0.277 e. The molecule has 5 nitrogen and oxygen atoms in total. The quantitative estimate of drug-likeness (QED) is 0.829. The third-order valence-electron chi connectivity index (χ3n) is 3.58. The van der Waals surface area contributed by atoms with Gasteiger partial charge in [0.1, 0.15) is 0 Å². The van der Waals surface area contributed by atoms with E-state index in [0.29, 0.717) is 23.6 Å². The van der Waals surface area contributed by atoms with Gasteiger partial charge in [0.05, 0.1) is 5.25 Å². The monoisotopic (exact) mass is 317 g/mol. The van der Waals surface area contributed by atoms with Crippen LogP contribution in [0, 0.1) is 6.92 Å². The first-order chi connectivity index (χ1) is 10.6. The zero-order chi connectivity index (χ0) is 15.5. The van der Waals surface area contributed by atoms with Crippen LogP contribution in [0.1, 0.15) is 42.7 Å². The molecule has 0 unspecified atom stereocenters. The maximum atomic E-state index is 12.1. The number of carbonyl (C=O) groups is 1. The Bertz CT molecular complexity index is 650. The molecule has 1 aromatic heterocycles. The second-order valence-corrected chi connectivity index (χ2v) is 6.94. The fourth-order valence-corrected chi connectivity index (χ4v) is 2.72. The van der Waals surface area contributed by atoms with E-state index in [4.69, 9.17) is 4.42 Å². The van der Waals surface area contributed by atoms with E-state index in [-0.39, 0.29) is 11.2 Å². The van der Waals surface area contributed by atoms with Crippen molar-refractivity contribution in [3.8, 4) is 0 Å². The first kappa shape index (κ1) is 15.1. The van der Waals surface area contributed by atoms with E-state index in [2.05, 4.69) is 15.5 Å². The van der Waals surface area contributed by atoms with Gasteiger partial charge in [0.25, 0.3) is 5.22 Å². The lowest BCUT2D eigenvalue weighted by molar-refractivity contribution is -0.120. The minimum Gasteiger partial charge on any atom is -0.416 e. The van der Waals surface area contributed by atoms with Gasteiger partial charge in [-0.2, -0.15) is 0 Å². The molecule has 1 fully saturated rings. The highest BCUT2D eigenvalue weighted by molar-refractivity contribution is 8.00. The average molecular weight is 317 g/mol. The fraction of sp³-hybridized carbons (Fsp3) is 0.438. The van der Waals surface area contributed by atoms with Crippen molar-refractivity contribution in [2.24, 2.45) is 0 Å². The number of thioether (sulfide) groups is 1. The van der Waals surface area contributed by atoms with Gasteiger partial charge in [-0.15, -0.1) is 10.2 Å². The van der Waals surface area contributed by atoms with Crippen LogP contribution in [0.15, 0.2) is 33.9 Å². The molecule has 1 N–H and O–H groups in total. The van der Waals surface area contributed by atoms with E-state index in [9.17, 15) is 4.79 Å². The van der Waals surface area contributed by atoms with Crippen LogP contribution in [0.25, 0.3) is 0 Å². The molecule has 3 rings (SSSR count). The Labute approximate surface area is 133 Å². The third kappa shape index (κ3) is 3.88. The first-order valence-electron chi connectivity index (χ1n) is 7.45. The molecule has 0 radical (unpaired) electrons. The summed E-state index contributed by atoms with van der Waals surface area (Å²) in [5, 5.41) is 11.2. The predicted molar refractivity (Wildman–Crippen MR) is 84.6 cm³/mol. The zero-order valence-electron chi connectivity index (χ0n) is 12.7. The largest absolute Gasteiger partial charge is 0.416 e. The smallest absolute Gasteiger partial charge is 0.277 e. The Morgan fingerprint density at radius 2 is 2.09 bits per heavy atom. The minimum absolute atomic E-state index is 0.0308. The lowest BCUT2D eigenvalue weighted by Gasteiger charge is -2.10. The molecule has 0 spiro atoms. The summed E-state index contributed by atoms with van der Waals surface area (Å²) < 4.78 is 5.57. The molecule has 6 heteroatoms. The lowest BCUT2D eigenvalue weighted by Crippen LogP contribution is -2.30. The lowest BCUT2D eigenvalue weighted by atomic mass is 10.1. The molecule has 1 amide bonds. The number of nitrogens with one attached hydrogen (secondary N) is 1. The van der Waals surface area contributed by atoms with Crippen LogP contribution in [0.4, 0.5) is 0 Å². The van der Waals surface area contributed by atoms with Crippen LogP contribution in [0.2, 0.25) is 0 Å². The van der Waals surface area contributed by atoms with Gasteiger partial charge in [0, 0.05) is 12.5 Å². The van der Waals surface area contributed by atoms with Gasteiger partial charge < -0.3 is 9.73 Å². The van der Waals surface area contributed by atoms with Crippen LogP contribution < -0.4 is 5.32 Å². The molecular formula is C16H19N3O2S. The Hall–Kier alpha value is -1.82. The van der Waals surface area contributed by atoms with Gasteiger partial charge in [-0.25, -0.2) is 0 Å². The molecular weight excluding hydrogens is 298 g/mol. The number of hydrogen-bond donors (Lipinski definition) is 1. The number of nitrogens with zero attached hydrogens (tertiary/aromatic N) is 2. The molecule has 1 aliphatic rings. The van der Waals surface area contributed by atoms with E-state index < -0.39 is 0 Å². The van der Waals surface area contributed by atoms with E-state index in [1.165, 1.54) is 17.3 Å². The van der Waals surface area contributed by atoms with Gasteiger partial charge >= 0.3 is 0 Å². The highest BCUT2D eigenvalue weighted by atomic mass is 32.2. The molecule has 0 bridgehead atoms. The summed E-state index contributed by atoms with van der Waals surface area (Å²) in [5.41, 5.74) is 2.30. The molecule has 1 aliphatic carbocycles. The second-order valence-electron chi connectivity index (χ2n) is 5.64. The van der Waals surface area contributed by atoms with E-state index in [1.807, 2.05) is 38.1 Å². The number of amides is 1. The number of benzene rings is 1. The van der Waals surface area contributed by atoms with E-state index >= 15 is 0 Å². The van der Waals surface area contributed by atoms with Crippen LogP contribution in [0.3, 0.4) is 0 Å². The first-order valence-corrected chi connectivity index (χ1v) is 8.33. The van der Waals surface area contributed by atoms with Crippen molar-refractivity contribution in [1.29, 1.82) is 0 Å². The van der Waals surface area contributed by atoms with Crippen molar-refractivity contribution < 1.29 is 9.21 Å². The molecule has 0 saturated heterocycles. The molecule has 116 valence electrons. The molecule has 1 saturated carbocycles. The SMILES string of the molecule is Cc1ccc(CNC(=O)[C@@H](C)Sc2nnc(C3CC3)o2)cc1. The Morgan fingerprint density at radius 3 is 2.77 bits per heavy atom. The van der Waals surface area contributed by atoms with E-state index in [1.54, 1.807) is 0 Å². The normalized spacial score (nSPS) is 15.5. The van der Waals surface area contributed by atoms with Crippen molar-refractivity contribution in [3.05, 3.63) is 41.3 Å². The van der Waals surface area contributed by atoms with Gasteiger partial charge in [0.2, 0.25) is 11.8 Å². The summed E-state index contributed by atoms with van der Waals surface area (Å²) in [6, 6.07) is 8.12. The van der Waals surface area contributed by atoms with Gasteiger partial charge in [0.15, 0.2) is 0 Å². The molecule has 1 aromatic carbocycles. The Balaban J connectivity index is 1.49. The van der Waals surface area contributed by atoms with Gasteiger partial charge in [-0.05, 0) is 32.3 Å². The van der Waals surface area contributed by atoms with Gasteiger partial charge in [-0.3, -0.25) is 4.79 Å². The highest BCUT2D eigenvalue weighted by Crippen LogP contribution is 2.40. The summed E-state index contributed by atoms with van der Waals surface area (Å²) >= 11 is 1.30. The zero-order valence-corrected chi connectivity index (χ0v) is 13.5. The van der Waals surface area contributed by atoms with Crippen LogP contribution in [-0.4, -0.2) is 21.4 Å². The maximum absolute atomic E-state index is 12.1. The van der Waals surface area contributed by atoms with Crippen LogP contribution >= 0.6 is 11.8 Å². The third-order valence-corrected chi connectivity index (χ3v) is 4.52. The minimum atomic E-state index is -0.266. The summed E-state index contributed by atoms with van der Waals surface area (Å²) in [6.07, 6.45) is 2.25. The number of aryl methyl sites for hydroxylation is 1. The number of rotatable bonds is 6. The van der Waals surface area contributed by atoms with Gasteiger partial charge in [-0.1, -0.05) is 41.6 Å². The molecule has 1 atom stereocenters. The highest BCUT2D eigenvalue weighted by Gasteiger charge is 2.30. The summed E-state index contributed by atoms with van der Waals surface area (Å²) in [6.45, 7) is 4.42. The van der Waals surface area contributed by atoms with Crippen molar-refractivity contribution >= 4 is 17.7 Å². The molecule has 0 aliphatic heterocycles. The number of aromatic nitrogens is 2. The molecule has 2 aromatic rings. The number of carbonyl (C=O) groups excluding carboxylic acids is 1. The van der Waals surface area contributed by atoms with Crippen molar-refractivity contribution in [3.63, 3.8) is 0 Å². The second kappa shape index (κ2) is 6.52. The summed E-state index contributed by atoms with van der Waals surface area (Å²) in [7, 11) is 0. The van der Waals surface area contributed by atoms with Crippen molar-refractivity contribution in [2.45, 2.75) is 49.6 Å².